The number of rotatable bonds is 4. The lowest BCUT2D eigenvalue weighted by molar-refractivity contribution is 0.560. The molecule has 0 saturated heterocycles. The predicted octanol–water partition coefficient (Wildman–Crippen LogP) is 0.773. The summed E-state index contributed by atoms with van der Waals surface area (Å²) in [6, 6.07) is 0. The third-order valence-corrected chi connectivity index (χ3v) is 4.83. The zero-order chi connectivity index (χ0) is 10.8. The van der Waals surface area contributed by atoms with E-state index in [1.54, 1.807) is 19.4 Å². The van der Waals surface area contributed by atoms with Gasteiger partial charge in [-0.05, 0) is 13.8 Å². The van der Waals surface area contributed by atoms with Crippen LogP contribution in [0.3, 0.4) is 0 Å². The van der Waals surface area contributed by atoms with Gasteiger partial charge in [0.15, 0.2) is 9.84 Å². The minimum Gasteiger partial charge on any atom is -0.359 e. The van der Waals surface area contributed by atoms with Crippen molar-refractivity contribution in [2.24, 2.45) is 0 Å². The first-order valence-corrected chi connectivity index (χ1v) is 6.80. The summed E-state index contributed by atoms with van der Waals surface area (Å²) in [6.45, 7) is 3.69. The van der Waals surface area contributed by atoms with E-state index in [9.17, 15) is 8.42 Å². The minimum absolute atomic E-state index is 0.334. The second-order valence-electron chi connectivity index (χ2n) is 3.63. The lowest BCUT2D eigenvalue weighted by Crippen LogP contribution is -2.38. The second kappa shape index (κ2) is 3.82. The van der Waals surface area contributed by atoms with Gasteiger partial charge in [0, 0.05) is 12.8 Å². The lowest BCUT2D eigenvalue weighted by Gasteiger charge is -2.22. The van der Waals surface area contributed by atoms with Crippen LogP contribution in [0.4, 0.5) is 5.13 Å². The molecule has 0 aliphatic rings. The lowest BCUT2D eigenvalue weighted by atomic mass is 10.2. The van der Waals surface area contributed by atoms with E-state index in [2.05, 4.69) is 15.5 Å². The summed E-state index contributed by atoms with van der Waals surface area (Å²) in [4.78, 5) is 0. The highest BCUT2D eigenvalue weighted by atomic mass is 32.2. The van der Waals surface area contributed by atoms with E-state index in [0.717, 1.165) is 0 Å². The van der Waals surface area contributed by atoms with Gasteiger partial charge in [0.2, 0.25) is 5.13 Å². The van der Waals surface area contributed by atoms with Gasteiger partial charge >= 0.3 is 0 Å². The molecule has 0 atom stereocenters. The number of nitrogens with zero attached hydrogens (tertiary/aromatic N) is 2. The van der Waals surface area contributed by atoms with E-state index >= 15 is 0 Å². The van der Waals surface area contributed by atoms with Gasteiger partial charge in [-0.1, -0.05) is 11.3 Å². The van der Waals surface area contributed by atoms with Crippen LogP contribution in [0.25, 0.3) is 0 Å². The number of hydrogen-bond donors (Lipinski definition) is 1. The van der Waals surface area contributed by atoms with E-state index in [0.29, 0.717) is 11.7 Å². The molecule has 0 aromatic carbocycles. The molecule has 80 valence electrons. The average Bonchev–Trinajstić information content (AvgIpc) is 2.50. The van der Waals surface area contributed by atoms with Gasteiger partial charge in [-0.2, -0.15) is 0 Å². The largest absolute Gasteiger partial charge is 0.359 e. The molecule has 0 bridgehead atoms. The summed E-state index contributed by atoms with van der Waals surface area (Å²) in [5, 5.41) is 11.0. The van der Waals surface area contributed by atoms with E-state index in [4.69, 9.17) is 0 Å². The van der Waals surface area contributed by atoms with Gasteiger partial charge in [-0.3, -0.25) is 0 Å². The number of sulfone groups is 1. The zero-order valence-corrected chi connectivity index (χ0v) is 9.94. The van der Waals surface area contributed by atoms with Crippen molar-refractivity contribution < 1.29 is 8.42 Å². The highest BCUT2D eigenvalue weighted by Crippen LogP contribution is 2.17. The van der Waals surface area contributed by atoms with Crippen LogP contribution in [-0.4, -0.2) is 36.2 Å². The second-order valence-corrected chi connectivity index (χ2v) is 7.11. The standard InChI is InChI=1S/C7H13N3O2S2/c1-7(2,14(3,11)12)4-8-6-10-9-5-13-6/h5H,4H2,1-3H3,(H,8,10). The summed E-state index contributed by atoms with van der Waals surface area (Å²) in [7, 11) is -3.06. The van der Waals surface area contributed by atoms with E-state index in [-0.39, 0.29) is 0 Å². The van der Waals surface area contributed by atoms with Gasteiger partial charge in [0.25, 0.3) is 0 Å². The molecule has 0 aliphatic carbocycles. The van der Waals surface area contributed by atoms with Gasteiger partial charge in [-0.25, -0.2) is 8.42 Å². The van der Waals surface area contributed by atoms with Gasteiger partial charge in [0.05, 0.1) is 4.75 Å². The molecule has 1 N–H and O–H groups in total. The molecule has 1 aromatic rings. The smallest absolute Gasteiger partial charge is 0.205 e. The molecule has 0 spiro atoms. The Morgan fingerprint density at radius 3 is 2.64 bits per heavy atom. The van der Waals surface area contributed by atoms with Crippen molar-refractivity contribution in [1.82, 2.24) is 10.2 Å². The first-order valence-electron chi connectivity index (χ1n) is 4.02. The summed E-state index contributed by atoms with van der Waals surface area (Å²) in [5.74, 6) is 0. The van der Waals surface area contributed by atoms with Crippen LogP contribution in [0.5, 0.6) is 0 Å². The molecular weight excluding hydrogens is 222 g/mol. The Bertz CT molecular complexity index is 383. The monoisotopic (exact) mass is 235 g/mol. The first-order chi connectivity index (χ1) is 6.33. The fourth-order valence-corrected chi connectivity index (χ4v) is 1.45. The highest BCUT2D eigenvalue weighted by Gasteiger charge is 2.29. The van der Waals surface area contributed by atoms with Crippen molar-refractivity contribution in [2.45, 2.75) is 18.6 Å². The van der Waals surface area contributed by atoms with Gasteiger partial charge < -0.3 is 5.32 Å². The third-order valence-electron chi connectivity index (χ3n) is 2.03. The number of nitrogens with one attached hydrogen (secondary N) is 1. The Balaban J connectivity index is 2.62. The number of anilines is 1. The van der Waals surface area contributed by atoms with Gasteiger partial charge in [-0.15, -0.1) is 10.2 Å². The molecule has 0 radical (unpaired) electrons. The molecular formula is C7H13N3O2S2. The summed E-state index contributed by atoms with van der Waals surface area (Å²) >= 11 is 1.35. The maximum Gasteiger partial charge on any atom is 0.205 e. The predicted molar refractivity (Wildman–Crippen MR) is 57.3 cm³/mol. The minimum atomic E-state index is -3.06. The molecule has 0 saturated carbocycles. The van der Waals surface area contributed by atoms with Crippen LogP contribution in [0.1, 0.15) is 13.8 Å². The number of aromatic nitrogens is 2. The Kier molecular flexibility index (Phi) is 3.10. The first kappa shape index (κ1) is 11.4. The molecule has 14 heavy (non-hydrogen) atoms. The molecule has 0 fully saturated rings. The quantitative estimate of drug-likeness (QED) is 0.834. The van der Waals surface area contributed by atoms with E-state index < -0.39 is 14.6 Å². The van der Waals surface area contributed by atoms with Crippen molar-refractivity contribution in [3.63, 3.8) is 0 Å². The van der Waals surface area contributed by atoms with E-state index in [1.807, 2.05) is 0 Å². The van der Waals surface area contributed by atoms with Crippen LogP contribution in [0, 0.1) is 0 Å². The Hall–Kier alpha value is -0.690. The van der Waals surface area contributed by atoms with Crippen LogP contribution < -0.4 is 5.32 Å². The molecule has 0 aliphatic heterocycles. The molecule has 0 unspecified atom stereocenters. The maximum atomic E-state index is 11.3. The van der Waals surface area contributed by atoms with Crippen molar-refractivity contribution in [3.05, 3.63) is 5.51 Å². The number of hydrogen-bond acceptors (Lipinski definition) is 6. The van der Waals surface area contributed by atoms with E-state index in [1.165, 1.54) is 17.6 Å². The SMILES string of the molecule is CC(C)(CNc1nncs1)S(C)(=O)=O. The molecule has 1 aromatic heterocycles. The zero-order valence-electron chi connectivity index (χ0n) is 8.31. The highest BCUT2D eigenvalue weighted by molar-refractivity contribution is 7.92. The van der Waals surface area contributed by atoms with Crippen molar-refractivity contribution in [2.75, 3.05) is 18.1 Å². The van der Waals surface area contributed by atoms with Crippen LogP contribution in [0.2, 0.25) is 0 Å². The summed E-state index contributed by atoms with van der Waals surface area (Å²) < 4.78 is 21.9. The molecule has 0 amide bonds. The molecule has 7 heteroatoms. The van der Waals surface area contributed by atoms with Crippen LogP contribution in [-0.2, 0) is 9.84 Å². The topological polar surface area (TPSA) is 72.0 Å². The molecule has 1 heterocycles. The molecule has 5 nitrogen and oxygen atoms in total. The van der Waals surface area contributed by atoms with Crippen LogP contribution in [0.15, 0.2) is 5.51 Å². The summed E-state index contributed by atoms with van der Waals surface area (Å²) in [6.07, 6.45) is 1.23. The third kappa shape index (κ3) is 2.65. The van der Waals surface area contributed by atoms with Gasteiger partial charge in [0.1, 0.15) is 5.51 Å². The summed E-state index contributed by atoms with van der Waals surface area (Å²) in [5.41, 5.74) is 1.59. The fourth-order valence-electron chi connectivity index (χ4n) is 0.670. The average molecular weight is 235 g/mol. The Labute approximate surface area is 87.5 Å². The van der Waals surface area contributed by atoms with Crippen molar-refractivity contribution in [3.8, 4) is 0 Å². The van der Waals surface area contributed by atoms with Crippen molar-refractivity contribution in [1.29, 1.82) is 0 Å². The fraction of sp³-hybridized carbons (Fsp3) is 0.714. The molecule has 1 rings (SSSR count). The Morgan fingerprint density at radius 1 is 1.57 bits per heavy atom. The normalized spacial score (nSPS) is 12.8. The van der Waals surface area contributed by atoms with Crippen LogP contribution >= 0.6 is 11.3 Å². The van der Waals surface area contributed by atoms with Crippen molar-refractivity contribution >= 4 is 26.3 Å². The maximum absolute atomic E-state index is 11.3. The Morgan fingerprint density at radius 2 is 2.21 bits per heavy atom.